The zero-order valence-electron chi connectivity index (χ0n) is 13.7. The summed E-state index contributed by atoms with van der Waals surface area (Å²) in [5.74, 6) is 3.25. The van der Waals surface area contributed by atoms with Crippen LogP contribution in [0.2, 0.25) is 0 Å². The van der Waals surface area contributed by atoms with Crippen LogP contribution in [0.15, 0.2) is 6.07 Å². The number of nitrogens with one attached hydrogen (secondary N) is 1. The molecule has 0 aromatic carbocycles. The first-order valence-corrected chi connectivity index (χ1v) is 7.95. The van der Waals surface area contributed by atoms with Crippen LogP contribution in [0.3, 0.4) is 0 Å². The molecule has 1 aromatic heterocycles. The Kier molecular flexibility index (Phi) is 5.79. The molecule has 0 spiro atoms. The maximum absolute atomic E-state index is 5.20. The van der Waals surface area contributed by atoms with E-state index >= 15 is 0 Å². The molecule has 0 aliphatic heterocycles. The highest BCUT2D eigenvalue weighted by molar-refractivity contribution is 5.50. The molecule has 1 aliphatic rings. The molecule has 0 saturated heterocycles. The predicted octanol–water partition coefficient (Wildman–Crippen LogP) is 3.07. The van der Waals surface area contributed by atoms with E-state index < -0.39 is 0 Å². The molecule has 1 heterocycles. The molecule has 0 radical (unpaired) electrons. The first-order chi connectivity index (χ1) is 10.1. The fraction of sp³-hybridized carbons (Fsp3) is 0.750. The summed E-state index contributed by atoms with van der Waals surface area (Å²) in [4.78, 5) is 11.6. The number of hydrogen-bond acceptors (Lipinski definition) is 5. The van der Waals surface area contributed by atoms with Gasteiger partial charge in [0.15, 0.2) is 5.82 Å². The fourth-order valence-electron chi connectivity index (χ4n) is 2.99. The SMILES string of the molecule is CNc1cc(N(CC(C)C)C2CCCC2)nc(COC)n1. The maximum Gasteiger partial charge on any atom is 0.158 e. The van der Waals surface area contributed by atoms with Gasteiger partial charge < -0.3 is 15.0 Å². The van der Waals surface area contributed by atoms with Crippen molar-refractivity contribution in [3.63, 3.8) is 0 Å². The molecule has 2 rings (SSSR count). The van der Waals surface area contributed by atoms with E-state index in [-0.39, 0.29) is 0 Å². The lowest BCUT2D eigenvalue weighted by molar-refractivity contribution is 0.178. The lowest BCUT2D eigenvalue weighted by atomic mass is 10.1. The second-order valence-corrected chi connectivity index (χ2v) is 6.20. The Balaban J connectivity index is 2.30. The minimum atomic E-state index is 0.447. The first-order valence-electron chi connectivity index (χ1n) is 7.95. The molecule has 1 N–H and O–H groups in total. The molecule has 0 unspecified atom stereocenters. The van der Waals surface area contributed by atoms with E-state index in [4.69, 9.17) is 9.72 Å². The monoisotopic (exact) mass is 292 g/mol. The highest BCUT2D eigenvalue weighted by Gasteiger charge is 2.25. The molecule has 0 amide bonds. The minimum absolute atomic E-state index is 0.447. The van der Waals surface area contributed by atoms with Crippen LogP contribution in [-0.4, -0.2) is 36.7 Å². The number of rotatable bonds is 7. The van der Waals surface area contributed by atoms with Crippen LogP contribution < -0.4 is 10.2 Å². The number of aromatic nitrogens is 2. The van der Waals surface area contributed by atoms with Crippen molar-refractivity contribution in [2.45, 2.75) is 52.2 Å². The van der Waals surface area contributed by atoms with Gasteiger partial charge in [0.1, 0.15) is 18.2 Å². The number of methoxy groups -OCH3 is 1. The maximum atomic E-state index is 5.20. The quantitative estimate of drug-likeness (QED) is 0.837. The molecule has 5 nitrogen and oxygen atoms in total. The molecule has 0 atom stereocenters. The molecule has 21 heavy (non-hydrogen) atoms. The van der Waals surface area contributed by atoms with E-state index in [1.165, 1.54) is 25.7 Å². The van der Waals surface area contributed by atoms with Gasteiger partial charge in [0.2, 0.25) is 0 Å². The van der Waals surface area contributed by atoms with Gasteiger partial charge >= 0.3 is 0 Å². The number of nitrogens with zero attached hydrogens (tertiary/aromatic N) is 3. The molecule has 0 bridgehead atoms. The molecular weight excluding hydrogens is 264 g/mol. The first kappa shape index (κ1) is 16.0. The van der Waals surface area contributed by atoms with Crippen LogP contribution in [0.5, 0.6) is 0 Å². The normalized spacial score (nSPS) is 15.7. The largest absolute Gasteiger partial charge is 0.377 e. The van der Waals surface area contributed by atoms with Crippen LogP contribution in [0.4, 0.5) is 11.6 Å². The Bertz CT molecular complexity index is 444. The minimum Gasteiger partial charge on any atom is -0.377 e. The average Bonchev–Trinajstić information content (AvgIpc) is 2.98. The van der Waals surface area contributed by atoms with Crippen molar-refractivity contribution in [3.8, 4) is 0 Å². The summed E-state index contributed by atoms with van der Waals surface area (Å²) in [6.07, 6.45) is 5.19. The molecule has 1 aliphatic carbocycles. The molecule has 1 aromatic rings. The van der Waals surface area contributed by atoms with Crippen molar-refractivity contribution >= 4 is 11.6 Å². The topological polar surface area (TPSA) is 50.3 Å². The second-order valence-electron chi connectivity index (χ2n) is 6.20. The number of hydrogen-bond donors (Lipinski definition) is 1. The van der Waals surface area contributed by atoms with E-state index in [2.05, 4.69) is 35.1 Å². The van der Waals surface area contributed by atoms with Crippen molar-refractivity contribution in [2.75, 3.05) is 30.9 Å². The zero-order valence-corrected chi connectivity index (χ0v) is 13.7. The Morgan fingerprint density at radius 3 is 2.62 bits per heavy atom. The Hall–Kier alpha value is -1.36. The standard InChI is InChI=1S/C16H28N4O/c1-12(2)10-20(13-7-5-6-8-13)16-9-14(17-3)18-15(19-16)11-21-4/h9,12-13H,5-8,10-11H2,1-4H3,(H,17,18,19). The van der Waals surface area contributed by atoms with Gasteiger partial charge in [0.25, 0.3) is 0 Å². The second kappa shape index (κ2) is 7.59. The van der Waals surface area contributed by atoms with Gasteiger partial charge in [0, 0.05) is 32.8 Å². The van der Waals surface area contributed by atoms with Crippen LogP contribution in [0.1, 0.15) is 45.4 Å². The summed E-state index contributed by atoms with van der Waals surface area (Å²) in [5, 5.41) is 3.13. The van der Waals surface area contributed by atoms with Gasteiger partial charge in [-0.3, -0.25) is 0 Å². The van der Waals surface area contributed by atoms with Gasteiger partial charge in [0.05, 0.1) is 0 Å². The van der Waals surface area contributed by atoms with E-state index in [1.54, 1.807) is 7.11 Å². The molecule has 118 valence electrons. The summed E-state index contributed by atoms with van der Waals surface area (Å²) in [6, 6.07) is 2.67. The van der Waals surface area contributed by atoms with Crippen molar-refractivity contribution in [1.29, 1.82) is 0 Å². The highest BCUT2D eigenvalue weighted by atomic mass is 16.5. The van der Waals surface area contributed by atoms with Gasteiger partial charge in [-0.15, -0.1) is 0 Å². The van der Waals surface area contributed by atoms with Crippen molar-refractivity contribution in [1.82, 2.24) is 9.97 Å². The van der Waals surface area contributed by atoms with E-state index in [0.717, 1.165) is 24.0 Å². The predicted molar refractivity (Wildman–Crippen MR) is 86.7 cm³/mol. The van der Waals surface area contributed by atoms with Gasteiger partial charge in [-0.2, -0.15) is 0 Å². The van der Waals surface area contributed by atoms with Crippen LogP contribution in [0, 0.1) is 5.92 Å². The highest BCUT2D eigenvalue weighted by Crippen LogP contribution is 2.29. The van der Waals surface area contributed by atoms with Gasteiger partial charge in [-0.1, -0.05) is 26.7 Å². The Morgan fingerprint density at radius 2 is 2.05 bits per heavy atom. The summed E-state index contributed by atoms with van der Waals surface area (Å²) in [6.45, 7) is 6.01. The number of ether oxygens (including phenoxy) is 1. The van der Waals surface area contributed by atoms with Crippen molar-refractivity contribution < 1.29 is 4.74 Å². The molecule has 1 saturated carbocycles. The third-order valence-electron chi connectivity index (χ3n) is 3.91. The van der Waals surface area contributed by atoms with E-state index in [1.807, 2.05) is 7.05 Å². The molecular formula is C16H28N4O. The van der Waals surface area contributed by atoms with Crippen molar-refractivity contribution in [3.05, 3.63) is 11.9 Å². The fourth-order valence-corrected chi connectivity index (χ4v) is 2.99. The molecule has 5 heteroatoms. The average molecular weight is 292 g/mol. The van der Waals surface area contributed by atoms with Crippen LogP contribution >= 0.6 is 0 Å². The van der Waals surface area contributed by atoms with Crippen LogP contribution in [-0.2, 0) is 11.3 Å². The summed E-state index contributed by atoms with van der Waals surface area (Å²) < 4.78 is 5.20. The summed E-state index contributed by atoms with van der Waals surface area (Å²) in [5.41, 5.74) is 0. The summed E-state index contributed by atoms with van der Waals surface area (Å²) in [7, 11) is 3.57. The third-order valence-corrected chi connectivity index (χ3v) is 3.91. The van der Waals surface area contributed by atoms with E-state index in [0.29, 0.717) is 18.6 Å². The summed E-state index contributed by atoms with van der Waals surface area (Å²) >= 11 is 0. The van der Waals surface area contributed by atoms with Crippen molar-refractivity contribution in [2.24, 2.45) is 5.92 Å². The number of anilines is 2. The third kappa shape index (κ3) is 4.30. The van der Waals surface area contributed by atoms with Gasteiger partial charge in [-0.05, 0) is 18.8 Å². The van der Waals surface area contributed by atoms with Crippen LogP contribution in [0.25, 0.3) is 0 Å². The smallest absolute Gasteiger partial charge is 0.158 e. The zero-order chi connectivity index (χ0) is 15.2. The Morgan fingerprint density at radius 1 is 1.33 bits per heavy atom. The van der Waals surface area contributed by atoms with Gasteiger partial charge in [-0.25, -0.2) is 9.97 Å². The lowest BCUT2D eigenvalue weighted by Crippen LogP contribution is -2.37. The lowest BCUT2D eigenvalue weighted by Gasteiger charge is -2.32. The molecule has 1 fully saturated rings. The Labute approximate surface area is 128 Å². The van der Waals surface area contributed by atoms with E-state index in [9.17, 15) is 0 Å².